The van der Waals surface area contributed by atoms with Gasteiger partial charge in [-0.15, -0.1) is 11.8 Å². The second kappa shape index (κ2) is 7.19. The van der Waals surface area contributed by atoms with E-state index in [1.165, 1.54) is 25.2 Å². The van der Waals surface area contributed by atoms with Crippen LogP contribution in [0, 0.1) is 0 Å². The molecule has 21 heavy (non-hydrogen) atoms. The zero-order valence-electron chi connectivity index (χ0n) is 11.7. The summed E-state index contributed by atoms with van der Waals surface area (Å²) >= 11 is 1.53. The van der Waals surface area contributed by atoms with Gasteiger partial charge in [0.05, 0.1) is 12.1 Å². The molecule has 2 aromatic rings. The number of nitrogens with zero attached hydrogens (tertiary/aromatic N) is 2. The van der Waals surface area contributed by atoms with E-state index in [1.807, 2.05) is 36.4 Å². The van der Waals surface area contributed by atoms with Crippen molar-refractivity contribution in [1.82, 2.24) is 9.97 Å². The molecule has 0 aliphatic rings. The van der Waals surface area contributed by atoms with Gasteiger partial charge in [0.15, 0.2) is 0 Å². The molecule has 1 aromatic heterocycles. The normalized spacial score (nSPS) is 13.4. The summed E-state index contributed by atoms with van der Waals surface area (Å²) in [6.07, 6.45) is 3.64. The number of thioether (sulfide) groups is 1. The topological polar surface area (TPSA) is 78.1 Å². The third-order valence-electron chi connectivity index (χ3n) is 3.14. The molecule has 0 aliphatic heterocycles. The average molecular weight is 303 g/mol. The summed E-state index contributed by atoms with van der Waals surface area (Å²) in [4.78, 5) is 20.1. The van der Waals surface area contributed by atoms with Crippen LogP contribution in [-0.4, -0.2) is 28.8 Å². The van der Waals surface area contributed by atoms with Crippen LogP contribution in [0.2, 0.25) is 0 Å². The number of ether oxygens (including phenoxy) is 1. The van der Waals surface area contributed by atoms with Crippen molar-refractivity contribution in [2.75, 3.05) is 12.9 Å². The SMILES string of the molecule is COC(=O)C(N)(CCSc1ccncn1)c1ccccc1. The van der Waals surface area contributed by atoms with E-state index >= 15 is 0 Å². The van der Waals surface area contributed by atoms with Gasteiger partial charge in [-0.2, -0.15) is 0 Å². The summed E-state index contributed by atoms with van der Waals surface area (Å²) in [6, 6.07) is 11.1. The molecule has 0 bridgehead atoms. The second-order valence-electron chi connectivity index (χ2n) is 4.48. The molecule has 2 rings (SSSR count). The molecule has 0 spiro atoms. The Balaban J connectivity index is 2.09. The summed E-state index contributed by atoms with van der Waals surface area (Å²) in [6.45, 7) is 0. The maximum atomic E-state index is 12.1. The van der Waals surface area contributed by atoms with Crippen LogP contribution in [-0.2, 0) is 15.1 Å². The highest BCUT2D eigenvalue weighted by atomic mass is 32.2. The fourth-order valence-corrected chi connectivity index (χ4v) is 2.87. The largest absolute Gasteiger partial charge is 0.467 e. The summed E-state index contributed by atoms with van der Waals surface area (Å²) in [5.74, 6) is 0.217. The lowest BCUT2D eigenvalue weighted by Gasteiger charge is -2.26. The second-order valence-corrected chi connectivity index (χ2v) is 5.59. The van der Waals surface area contributed by atoms with Gasteiger partial charge in [0, 0.05) is 11.9 Å². The number of hydrogen-bond acceptors (Lipinski definition) is 6. The lowest BCUT2D eigenvalue weighted by molar-refractivity contribution is -0.147. The van der Waals surface area contributed by atoms with E-state index in [2.05, 4.69) is 9.97 Å². The Kier molecular flexibility index (Phi) is 5.30. The standard InChI is InChI=1S/C15H17N3O2S/c1-20-14(19)15(16,12-5-3-2-4-6-12)8-10-21-13-7-9-17-11-18-13/h2-7,9,11H,8,10,16H2,1H3. The van der Waals surface area contributed by atoms with E-state index in [9.17, 15) is 4.79 Å². The van der Waals surface area contributed by atoms with Gasteiger partial charge in [-0.05, 0) is 18.1 Å². The summed E-state index contributed by atoms with van der Waals surface area (Å²) < 4.78 is 4.87. The number of benzene rings is 1. The smallest absolute Gasteiger partial charge is 0.330 e. The van der Waals surface area contributed by atoms with Gasteiger partial charge in [-0.1, -0.05) is 30.3 Å². The molecular formula is C15H17N3O2S. The first-order valence-corrected chi connectivity index (χ1v) is 7.47. The average Bonchev–Trinajstić information content (AvgIpc) is 2.55. The minimum absolute atomic E-state index is 0.433. The van der Waals surface area contributed by atoms with Gasteiger partial charge >= 0.3 is 5.97 Å². The van der Waals surface area contributed by atoms with E-state index < -0.39 is 11.5 Å². The number of rotatable bonds is 6. The number of aromatic nitrogens is 2. The van der Waals surface area contributed by atoms with Gasteiger partial charge in [-0.25, -0.2) is 14.8 Å². The molecule has 1 unspecified atom stereocenters. The molecule has 0 saturated carbocycles. The number of nitrogens with two attached hydrogens (primary N) is 1. The lowest BCUT2D eigenvalue weighted by Crippen LogP contribution is -2.46. The molecule has 6 heteroatoms. The predicted molar refractivity (Wildman–Crippen MR) is 81.7 cm³/mol. The first-order valence-electron chi connectivity index (χ1n) is 6.48. The third kappa shape index (κ3) is 3.80. The van der Waals surface area contributed by atoms with E-state index in [0.717, 1.165) is 10.6 Å². The number of carbonyl (C=O) groups excluding carboxylic acids is 1. The Bertz CT molecular complexity index is 580. The van der Waals surface area contributed by atoms with Crippen LogP contribution in [0.5, 0.6) is 0 Å². The van der Waals surface area contributed by atoms with Crippen molar-refractivity contribution in [3.8, 4) is 0 Å². The minimum Gasteiger partial charge on any atom is -0.467 e. The Morgan fingerprint density at radius 2 is 2.10 bits per heavy atom. The van der Waals surface area contributed by atoms with Crippen LogP contribution < -0.4 is 5.73 Å². The molecule has 5 nitrogen and oxygen atoms in total. The molecule has 2 N–H and O–H groups in total. The van der Waals surface area contributed by atoms with Crippen molar-refractivity contribution < 1.29 is 9.53 Å². The first-order chi connectivity index (χ1) is 10.2. The molecule has 110 valence electrons. The molecule has 1 heterocycles. The van der Waals surface area contributed by atoms with Gasteiger partial charge in [0.1, 0.15) is 11.9 Å². The summed E-state index contributed by atoms with van der Waals surface area (Å²) in [5.41, 5.74) is 5.92. The number of methoxy groups -OCH3 is 1. The van der Waals surface area contributed by atoms with Crippen molar-refractivity contribution in [3.05, 3.63) is 54.5 Å². The molecule has 1 aromatic carbocycles. The van der Waals surface area contributed by atoms with E-state index in [0.29, 0.717) is 12.2 Å². The first kappa shape index (κ1) is 15.5. The Morgan fingerprint density at radius 1 is 1.33 bits per heavy atom. The third-order valence-corrected chi connectivity index (χ3v) is 4.09. The van der Waals surface area contributed by atoms with Crippen molar-refractivity contribution in [1.29, 1.82) is 0 Å². The Hall–Kier alpha value is -1.92. The zero-order valence-corrected chi connectivity index (χ0v) is 12.5. The number of esters is 1. The van der Waals surface area contributed by atoms with Crippen LogP contribution in [0.25, 0.3) is 0 Å². The molecular weight excluding hydrogens is 286 g/mol. The van der Waals surface area contributed by atoms with Crippen LogP contribution in [0.4, 0.5) is 0 Å². The van der Waals surface area contributed by atoms with Gasteiger partial charge in [0.2, 0.25) is 0 Å². The highest BCUT2D eigenvalue weighted by molar-refractivity contribution is 7.99. The van der Waals surface area contributed by atoms with Crippen molar-refractivity contribution >= 4 is 17.7 Å². The van der Waals surface area contributed by atoms with Crippen molar-refractivity contribution in [2.45, 2.75) is 17.0 Å². The fourth-order valence-electron chi connectivity index (χ4n) is 1.96. The van der Waals surface area contributed by atoms with E-state index in [1.54, 1.807) is 6.20 Å². The monoisotopic (exact) mass is 303 g/mol. The highest BCUT2D eigenvalue weighted by Gasteiger charge is 2.36. The number of carbonyl (C=O) groups is 1. The predicted octanol–water partition coefficient (Wildman–Crippen LogP) is 1.99. The molecule has 0 radical (unpaired) electrons. The molecule has 1 atom stereocenters. The fraction of sp³-hybridized carbons (Fsp3) is 0.267. The van der Waals surface area contributed by atoms with Crippen LogP contribution >= 0.6 is 11.8 Å². The number of hydrogen-bond donors (Lipinski definition) is 1. The van der Waals surface area contributed by atoms with Crippen molar-refractivity contribution in [3.63, 3.8) is 0 Å². The Morgan fingerprint density at radius 3 is 2.71 bits per heavy atom. The van der Waals surface area contributed by atoms with E-state index in [4.69, 9.17) is 10.5 Å². The molecule has 0 saturated heterocycles. The summed E-state index contributed by atoms with van der Waals surface area (Å²) in [7, 11) is 1.35. The molecule has 0 aliphatic carbocycles. The van der Waals surface area contributed by atoms with Crippen LogP contribution in [0.1, 0.15) is 12.0 Å². The van der Waals surface area contributed by atoms with Crippen molar-refractivity contribution in [2.24, 2.45) is 5.73 Å². The Labute approximate surface area is 127 Å². The lowest BCUT2D eigenvalue weighted by atomic mass is 9.88. The summed E-state index contributed by atoms with van der Waals surface area (Å²) in [5, 5.41) is 0.852. The van der Waals surface area contributed by atoms with E-state index in [-0.39, 0.29) is 0 Å². The van der Waals surface area contributed by atoms with Crippen LogP contribution in [0.3, 0.4) is 0 Å². The van der Waals surface area contributed by atoms with Gasteiger partial charge in [0.25, 0.3) is 0 Å². The minimum atomic E-state index is -1.14. The molecule has 0 amide bonds. The van der Waals surface area contributed by atoms with Gasteiger partial charge in [-0.3, -0.25) is 0 Å². The quantitative estimate of drug-likeness (QED) is 0.499. The van der Waals surface area contributed by atoms with Gasteiger partial charge < -0.3 is 10.5 Å². The highest BCUT2D eigenvalue weighted by Crippen LogP contribution is 2.27. The maximum absolute atomic E-state index is 12.1. The maximum Gasteiger partial charge on any atom is 0.330 e. The van der Waals surface area contributed by atoms with Crippen LogP contribution in [0.15, 0.2) is 53.9 Å². The zero-order chi connectivity index (χ0) is 15.1. The molecule has 0 fully saturated rings.